The summed E-state index contributed by atoms with van der Waals surface area (Å²) in [5.74, 6) is -0.679. The Morgan fingerprint density at radius 3 is 2.58 bits per heavy atom. The van der Waals surface area contributed by atoms with Crippen LogP contribution in [0.2, 0.25) is 0 Å². The smallest absolute Gasteiger partial charge is 0.337 e. The number of fused-ring (bicyclic) bond motifs is 1. The number of rotatable bonds is 11. The topological polar surface area (TPSA) is 105 Å². The van der Waals surface area contributed by atoms with Crippen LogP contribution in [0.4, 0.5) is 0 Å². The lowest BCUT2D eigenvalue weighted by Crippen LogP contribution is -2.62. The zero-order chi connectivity index (χ0) is 31.1. The first-order chi connectivity index (χ1) is 20.7. The van der Waals surface area contributed by atoms with Crippen molar-refractivity contribution in [1.82, 2.24) is 14.5 Å². The zero-order valence-electron chi connectivity index (χ0n) is 24.4. The number of aromatic nitrogens is 2. The fourth-order valence-electron chi connectivity index (χ4n) is 4.95. The molecule has 1 aromatic heterocycles. The van der Waals surface area contributed by atoms with Gasteiger partial charge in [-0.05, 0) is 49.3 Å². The summed E-state index contributed by atoms with van der Waals surface area (Å²) in [6.07, 6.45) is 6.98. The molecule has 10 heteroatoms. The number of carbonyl (C=O) groups is 2. The standard InChI is InChI=1S/C33H33ClN4O4S/c1-5-8-14-28(30(40)37-20-33(19-35,21-37)23-12-10-9-11-13-23)43-32-36-27-17-22(31(41)42-4)15-16-26(27)29(39)38(32)25(7-3)18-24(34)6-2/h6-7,9-13,15-18,28H,3,5,8,14,20-21H2,1-2,4H3/b24-6+,25-18+. The van der Waals surface area contributed by atoms with Gasteiger partial charge in [0.2, 0.25) is 5.91 Å². The number of likely N-dealkylation sites (tertiary alicyclic amines) is 1. The van der Waals surface area contributed by atoms with E-state index >= 15 is 0 Å². The number of thioether (sulfide) groups is 1. The van der Waals surface area contributed by atoms with Crippen LogP contribution in [0, 0.1) is 11.3 Å². The summed E-state index contributed by atoms with van der Waals surface area (Å²) in [5, 5.41) is 10.4. The molecule has 4 rings (SSSR count). The molecule has 1 atom stereocenters. The Hall–Kier alpha value is -4.13. The van der Waals surface area contributed by atoms with Gasteiger partial charge in [-0.15, -0.1) is 0 Å². The number of methoxy groups -OCH3 is 1. The highest BCUT2D eigenvalue weighted by Crippen LogP contribution is 2.37. The lowest BCUT2D eigenvalue weighted by molar-refractivity contribution is -0.136. The van der Waals surface area contributed by atoms with Gasteiger partial charge in [0.1, 0.15) is 5.41 Å². The van der Waals surface area contributed by atoms with Gasteiger partial charge in [0.15, 0.2) is 5.16 Å². The van der Waals surface area contributed by atoms with Gasteiger partial charge in [0.25, 0.3) is 5.56 Å². The third-order valence-electron chi connectivity index (χ3n) is 7.41. The van der Waals surface area contributed by atoms with Gasteiger partial charge < -0.3 is 9.64 Å². The molecular weight excluding hydrogens is 584 g/mol. The minimum absolute atomic E-state index is 0.125. The number of benzene rings is 2. The molecule has 1 saturated heterocycles. The monoisotopic (exact) mass is 616 g/mol. The average molecular weight is 617 g/mol. The van der Waals surface area contributed by atoms with Crippen LogP contribution in [-0.2, 0) is 14.9 Å². The van der Waals surface area contributed by atoms with E-state index in [0.717, 1.165) is 18.4 Å². The molecule has 2 heterocycles. The molecule has 43 heavy (non-hydrogen) atoms. The Morgan fingerprint density at radius 2 is 1.98 bits per heavy atom. The minimum atomic E-state index is -0.757. The van der Waals surface area contributed by atoms with E-state index in [1.54, 1.807) is 24.0 Å². The maximum atomic E-state index is 13.9. The third kappa shape index (κ3) is 6.61. The van der Waals surface area contributed by atoms with Crippen LogP contribution in [0.15, 0.2) is 88.3 Å². The Morgan fingerprint density at radius 1 is 1.26 bits per heavy atom. The summed E-state index contributed by atoms with van der Waals surface area (Å²) in [5.41, 5.74) is 0.666. The molecule has 0 aliphatic carbocycles. The Bertz CT molecular complexity index is 1700. The van der Waals surface area contributed by atoms with Gasteiger partial charge >= 0.3 is 5.97 Å². The van der Waals surface area contributed by atoms with Gasteiger partial charge in [-0.25, -0.2) is 9.78 Å². The molecule has 222 valence electrons. The molecule has 0 saturated carbocycles. The van der Waals surface area contributed by atoms with Crippen LogP contribution in [-0.4, -0.2) is 51.8 Å². The first kappa shape index (κ1) is 31.8. The predicted molar refractivity (Wildman–Crippen MR) is 171 cm³/mol. The Balaban J connectivity index is 1.79. The highest BCUT2D eigenvalue weighted by Gasteiger charge is 2.48. The molecule has 0 radical (unpaired) electrons. The van der Waals surface area contributed by atoms with E-state index in [9.17, 15) is 19.6 Å². The fourth-order valence-corrected chi connectivity index (χ4v) is 6.29. The third-order valence-corrected chi connectivity index (χ3v) is 8.94. The van der Waals surface area contributed by atoms with E-state index in [2.05, 4.69) is 12.6 Å². The number of hydrogen-bond acceptors (Lipinski definition) is 7. The number of carbonyl (C=O) groups excluding carboxylic acids is 2. The van der Waals surface area contributed by atoms with Gasteiger partial charge in [0.05, 0.1) is 40.6 Å². The van der Waals surface area contributed by atoms with Crippen molar-refractivity contribution in [2.45, 2.75) is 48.9 Å². The molecule has 3 aromatic rings. The van der Waals surface area contributed by atoms with Gasteiger partial charge in [-0.2, -0.15) is 5.26 Å². The van der Waals surface area contributed by atoms with Crippen LogP contribution in [0.25, 0.3) is 16.6 Å². The highest BCUT2D eigenvalue weighted by molar-refractivity contribution is 8.00. The lowest BCUT2D eigenvalue weighted by Gasteiger charge is -2.47. The number of unbranched alkanes of at least 4 members (excludes halogenated alkanes) is 1. The van der Waals surface area contributed by atoms with E-state index < -0.39 is 22.2 Å². The quantitative estimate of drug-likeness (QED) is 0.108. The SMILES string of the molecule is C=C/C(=C\C(Cl)=C/C)n1c(SC(CCCC)C(=O)N2CC(C#N)(c3ccccc3)C2)nc2cc(C(=O)OC)ccc2c1=O. The van der Waals surface area contributed by atoms with Gasteiger partial charge in [-0.1, -0.05) is 86.1 Å². The average Bonchev–Trinajstić information content (AvgIpc) is 3.01. The molecule has 1 amide bonds. The first-order valence-corrected chi connectivity index (χ1v) is 15.2. The summed E-state index contributed by atoms with van der Waals surface area (Å²) >= 11 is 7.51. The maximum absolute atomic E-state index is 13.9. The summed E-state index contributed by atoms with van der Waals surface area (Å²) in [4.78, 5) is 46.6. The Kier molecular flexibility index (Phi) is 10.3. The van der Waals surface area contributed by atoms with Crippen LogP contribution in [0.3, 0.4) is 0 Å². The molecule has 0 spiro atoms. The maximum Gasteiger partial charge on any atom is 0.337 e. The highest BCUT2D eigenvalue weighted by atomic mass is 35.5. The second-order valence-electron chi connectivity index (χ2n) is 10.2. The van der Waals surface area contributed by atoms with Crippen molar-refractivity contribution in [2.75, 3.05) is 20.2 Å². The number of esters is 1. The number of nitrogens with zero attached hydrogens (tertiary/aromatic N) is 4. The molecule has 1 fully saturated rings. The largest absolute Gasteiger partial charge is 0.465 e. The molecule has 2 aromatic carbocycles. The lowest BCUT2D eigenvalue weighted by atomic mass is 9.75. The first-order valence-electron chi connectivity index (χ1n) is 14.0. The zero-order valence-corrected chi connectivity index (χ0v) is 26.0. The second kappa shape index (κ2) is 13.9. The molecule has 1 aliphatic rings. The molecule has 8 nitrogen and oxygen atoms in total. The van der Waals surface area contributed by atoms with E-state index in [4.69, 9.17) is 21.3 Å². The number of allylic oxidation sites excluding steroid dienone is 5. The normalized spacial score (nSPS) is 15.4. The number of amides is 1. The van der Waals surface area contributed by atoms with E-state index in [0.29, 0.717) is 22.7 Å². The van der Waals surface area contributed by atoms with Crippen molar-refractivity contribution < 1.29 is 14.3 Å². The molecule has 1 aliphatic heterocycles. The number of ether oxygens (including phenoxy) is 1. The summed E-state index contributed by atoms with van der Waals surface area (Å²) < 4.78 is 6.25. The number of hydrogen-bond donors (Lipinski definition) is 0. The predicted octanol–water partition coefficient (Wildman–Crippen LogP) is 6.31. The number of nitriles is 1. The summed E-state index contributed by atoms with van der Waals surface area (Å²) in [6.45, 7) is 8.27. The fraction of sp³-hybridized carbons (Fsp3) is 0.303. The van der Waals surface area contributed by atoms with Gasteiger partial charge in [0, 0.05) is 18.1 Å². The molecule has 1 unspecified atom stereocenters. The Labute approximate surface area is 260 Å². The van der Waals surface area contributed by atoms with Crippen molar-refractivity contribution in [3.63, 3.8) is 0 Å². The van der Waals surface area contributed by atoms with Crippen LogP contribution < -0.4 is 5.56 Å². The minimum Gasteiger partial charge on any atom is -0.465 e. The van der Waals surface area contributed by atoms with Crippen molar-refractivity contribution in [3.05, 3.63) is 99.9 Å². The summed E-state index contributed by atoms with van der Waals surface area (Å²) in [7, 11) is 1.28. The van der Waals surface area contributed by atoms with Crippen LogP contribution in [0.1, 0.15) is 49.0 Å². The van der Waals surface area contributed by atoms with E-state index in [1.165, 1.54) is 47.7 Å². The van der Waals surface area contributed by atoms with Gasteiger partial charge in [-0.3, -0.25) is 14.2 Å². The second-order valence-corrected chi connectivity index (χ2v) is 11.8. The van der Waals surface area contributed by atoms with E-state index in [-0.39, 0.29) is 35.1 Å². The van der Waals surface area contributed by atoms with Crippen LogP contribution in [0.5, 0.6) is 0 Å². The van der Waals surface area contributed by atoms with E-state index in [1.807, 2.05) is 37.3 Å². The summed E-state index contributed by atoms with van der Waals surface area (Å²) in [6, 6.07) is 16.5. The molecule has 0 N–H and O–H groups in total. The van der Waals surface area contributed by atoms with Crippen molar-refractivity contribution in [3.8, 4) is 6.07 Å². The molecular formula is C33H33ClN4O4S. The number of halogens is 1. The van der Waals surface area contributed by atoms with Crippen LogP contribution >= 0.6 is 23.4 Å². The van der Waals surface area contributed by atoms with Crippen molar-refractivity contribution in [2.24, 2.45) is 0 Å². The molecule has 0 bridgehead atoms. The van der Waals surface area contributed by atoms with Crippen molar-refractivity contribution in [1.29, 1.82) is 5.26 Å². The van der Waals surface area contributed by atoms with Crippen molar-refractivity contribution >= 4 is 51.8 Å².